The number of rotatable bonds is 6. The van der Waals surface area contributed by atoms with Gasteiger partial charge in [-0.05, 0) is 41.9 Å². The second-order valence-electron chi connectivity index (χ2n) is 3.95. The first kappa shape index (κ1) is 16.3. The minimum absolute atomic E-state index is 0.0618. The summed E-state index contributed by atoms with van der Waals surface area (Å²) in [7, 11) is 1.40. The number of ether oxygens (including phenoxy) is 2. The van der Waals surface area contributed by atoms with Crippen molar-refractivity contribution in [1.82, 2.24) is 5.32 Å². The van der Waals surface area contributed by atoms with Crippen molar-refractivity contribution >= 4 is 27.8 Å². The van der Waals surface area contributed by atoms with Gasteiger partial charge in [-0.25, -0.2) is 4.79 Å². The summed E-state index contributed by atoms with van der Waals surface area (Å²) >= 11 is 3.22. The van der Waals surface area contributed by atoms with Gasteiger partial charge in [-0.2, -0.15) is 0 Å². The number of likely N-dealkylation sites (N-methyl/N-ethyl adjacent to an activating group) is 1. The minimum Gasteiger partial charge on any atom is -0.493 e. The molecule has 1 rings (SSSR count). The maximum Gasteiger partial charge on any atom is 0.335 e. The van der Waals surface area contributed by atoms with E-state index < -0.39 is 12.1 Å². The molecule has 0 heterocycles. The zero-order chi connectivity index (χ0) is 15.3. The molecule has 0 aliphatic heterocycles. The first-order valence-electron chi connectivity index (χ1n) is 5.95. The summed E-state index contributed by atoms with van der Waals surface area (Å²) < 4.78 is 11.1. The van der Waals surface area contributed by atoms with Gasteiger partial charge in [0.15, 0.2) is 17.6 Å². The standard InChI is InChI=1S/C13H16BrNO5/c1-4-15-12(16)7(2)20-11-9(14)5-8(13(17)18)6-10(11)19-3/h5-7H,4H2,1-3H3,(H,15,16)(H,17,18). The molecular formula is C13H16BrNO5. The number of carboxylic acids is 1. The molecule has 20 heavy (non-hydrogen) atoms. The SMILES string of the molecule is CCNC(=O)C(C)Oc1c(Br)cc(C(=O)O)cc1OC. The van der Waals surface area contributed by atoms with E-state index in [0.29, 0.717) is 11.0 Å². The molecule has 0 saturated carbocycles. The highest BCUT2D eigenvalue weighted by atomic mass is 79.9. The lowest BCUT2D eigenvalue weighted by Gasteiger charge is -2.18. The monoisotopic (exact) mass is 345 g/mol. The number of carboxylic acid groups (broad SMARTS) is 1. The number of methoxy groups -OCH3 is 1. The third-order valence-electron chi connectivity index (χ3n) is 2.49. The van der Waals surface area contributed by atoms with Crippen molar-refractivity contribution < 1.29 is 24.2 Å². The van der Waals surface area contributed by atoms with Crippen LogP contribution in [0.25, 0.3) is 0 Å². The lowest BCUT2D eigenvalue weighted by Crippen LogP contribution is -2.36. The van der Waals surface area contributed by atoms with E-state index in [-0.39, 0.29) is 23.0 Å². The van der Waals surface area contributed by atoms with Gasteiger partial charge in [0.1, 0.15) is 0 Å². The van der Waals surface area contributed by atoms with Crippen molar-refractivity contribution in [2.75, 3.05) is 13.7 Å². The average Bonchev–Trinajstić information content (AvgIpc) is 2.40. The van der Waals surface area contributed by atoms with Crippen LogP contribution in [0.15, 0.2) is 16.6 Å². The number of hydrogen-bond acceptors (Lipinski definition) is 4. The highest BCUT2D eigenvalue weighted by Gasteiger charge is 2.20. The number of hydrogen-bond donors (Lipinski definition) is 2. The Balaban J connectivity index is 3.06. The van der Waals surface area contributed by atoms with Crippen molar-refractivity contribution in [3.05, 3.63) is 22.2 Å². The van der Waals surface area contributed by atoms with Crippen LogP contribution in [0.4, 0.5) is 0 Å². The van der Waals surface area contributed by atoms with E-state index in [4.69, 9.17) is 14.6 Å². The number of carbonyl (C=O) groups is 2. The third-order valence-corrected chi connectivity index (χ3v) is 3.08. The van der Waals surface area contributed by atoms with Crippen LogP contribution in [0.3, 0.4) is 0 Å². The molecule has 2 N–H and O–H groups in total. The van der Waals surface area contributed by atoms with Gasteiger partial charge < -0.3 is 19.9 Å². The third kappa shape index (κ3) is 3.86. The van der Waals surface area contributed by atoms with Crippen LogP contribution in [0.2, 0.25) is 0 Å². The largest absolute Gasteiger partial charge is 0.493 e. The van der Waals surface area contributed by atoms with Gasteiger partial charge in [0.25, 0.3) is 5.91 Å². The van der Waals surface area contributed by atoms with Crippen LogP contribution in [-0.2, 0) is 4.79 Å². The summed E-state index contributed by atoms with van der Waals surface area (Å²) in [5, 5.41) is 11.6. The summed E-state index contributed by atoms with van der Waals surface area (Å²) in [6.45, 7) is 3.91. The van der Waals surface area contributed by atoms with Crippen LogP contribution >= 0.6 is 15.9 Å². The summed E-state index contributed by atoms with van der Waals surface area (Å²) in [5.41, 5.74) is 0.0618. The fraction of sp³-hybridized carbons (Fsp3) is 0.385. The molecule has 1 aromatic rings. The number of halogens is 1. The minimum atomic E-state index is -1.08. The summed E-state index contributed by atoms with van der Waals surface area (Å²) in [6.07, 6.45) is -0.726. The van der Waals surface area contributed by atoms with Gasteiger partial charge in [0, 0.05) is 6.54 Å². The number of amides is 1. The van der Waals surface area contributed by atoms with Crippen molar-refractivity contribution in [2.45, 2.75) is 20.0 Å². The Hall–Kier alpha value is -1.76. The molecule has 7 heteroatoms. The van der Waals surface area contributed by atoms with Gasteiger partial charge in [0.05, 0.1) is 17.1 Å². The number of benzene rings is 1. The van der Waals surface area contributed by atoms with Crippen molar-refractivity contribution in [3.63, 3.8) is 0 Å². The van der Waals surface area contributed by atoms with E-state index in [0.717, 1.165) is 0 Å². The first-order chi connectivity index (χ1) is 9.40. The molecular weight excluding hydrogens is 330 g/mol. The fourth-order valence-corrected chi connectivity index (χ4v) is 2.04. The Bertz CT molecular complexity index is 518. The predicted molar refractivity (Wildman–Crippen MR) is 76.4 cm³/mol. The van der Waals surface area contributed by atoms with E-state index in [9.17, 15) is 9.59 Å². The van der Waals surface area contributed by atoms with Crippen LogP contribution in [0.1, 0.15) is 24.2 Å². The van der Waals surface area contributed by atoms with E-state index in [1.165, 1.54) is 19.2 Å². The molecule has 1 aromatic carbocycles. The van der Waals surface area contributed by atoms with Gasteiger partial charge in [-0.3, -0.25) is 4.79 Å². The van der Waals surface area contributed by atoms with E-state index in [1.54, 1.807) is 6.92 Å². The zero-order valence-electron chi connectivity index (χ0n) is 11.4. The molecule has 1 unspecified atom stereocenters. The highest BCUT2D eigenvalue weighted by Crippen LogP contribution is 2.37. The Morgan fingerprint density at radius 3 is 2.60 bits per heavy atom. The smallest absolute Gasteiger partial charge is 0.335 e. The Morgan fingerprint density at radius 2 is 2.10 bits per heavy atom. The quantitative estimate of drug-likeness (QED) is 0.824. The molecule has 6 nitrogen and oxygen atoms in total. The van der Waals surface area contributed by atoms with Gasteiger partial charge in [-0.1, -0.05) is 0 Å². The number of carbonyl (C=O) groups excluding carboxylic acids is 1. The molecule has 110 valence electrons. The normalized spacial score (nSPS) is 11.6. The second-order valence-corrected chi connectivity index (χ2v) is 4.80. The molecule has 0 aliphatic rings. The van der Waals surface area contributed by atoms with Crippen molar-refractivity contribution in [3.8, 4) is 11.5 Å². The van der Waals surface area contributed by atoms with E-state index in [2.05, 4.69) is 21.2 Å². The van der Waals surface area contributed by atoms with Crippen LogP contribution in [0.5, 0.6) is 11.5 Å². The Labute approximate surface area is 125 Å². The first-order valence-corrected chi connectivity index (χ1v) is 6.75. The van der Waals surface area contributed by atoms with Crippen LogP contribution in [-0.4, -0.2) is 36.7 Å². The maximum absolute atomic E-state index is 11.6. The topological polar surface area (TPSA) is 84.9 Å². The molecule has 0 bridgehead atoms. The molecule has 0 aliphatic carbocycles. The lowest BCUT2D eigenvalue weighted by molar-refractivity contribution is -0.127. The zero-order valence-corrected chi connectivity index (χ0v) is 13.0. The highest BCUT2D eigenvalue weighted by molar-refractivity contribution is 9.10. The van der Waals surface area contributed by atoms with Crippen molar-refractivity contribution in [2.24, 2.45) is 0 Å². The second kappa shape index (κ2) is 7.14. The fourth-order valence-electron chi connectivity index (χ4n) is 1.51. The number of nitrogens with one attached hydrogen (secondary N) is 1. The molecule has 0 spiro atoms. The lowest BCUT2D eigenvalue weighted by atomic mass is 10.2. The van der Waals surface area contributed by atoms with E-state index >= 15 is 0 Å². The van der Waals surface area contributed by atoms with Gasteiger partial charge in [0.2, 0.25) is 0 Å². The summed E-state index contributed by atoms with van der Waals surface area (Å²) in [5.74, 6) is -0.805. The van der Waals surface area contributed by atoms with Crippen LogP contribution < -0.4 is 14.8 Å². The molecule has 0 radical (unpaired) electrons. The molecule has 0 aromatic heterocycles. The summed E-state index contributed by atoms with van der Waals surface area (Å²) in [4.78, 5) is 22.6. The molecule has 1 amide bonds. The predicted octanol–water partition coefficient (Wildman–Crippen LogP) is 2.06. The van der Waals surface area contributed by atoms with Gasteiger partial charge >= 0.3 is 5.97 Å². The maximum atomic E-state index is 11.6. The average molecular weight is 346 g/mol. The molecule has 0 saturated heterocycles. The molecule has 0 fully saturated rings. The van der Waals surface area contributed by atoms with Crippen LogP contribution in [0, 0.1) is 0 Å². The number of aromatic carboxylic acids is 1. The summed E-state index contributed by atoms with van der Waals surface area (Å²) in [6, 6.07) is 2.73. The van der Waals surface area contributed by atoms with Crippen molar-refractivity contribution in [1.29, 1.82) is 0 Å². The molecule has 1 atom stereocenters. The van der Waals surface area contributed by atoms with Gasteiger partial charge in [-0.15, -0.1) is 0 Å². The Kier molecular flexibility index (Phi) is 5.82. The Morgan fingerprint density at radius 1 is 1.45 bits per heavy atom. The van der Waals surface area contributed by atoms with E-state index in [1.807, 2.05) is 6.92 Å².